The number of nitrogens with one attached hydrogen (secondary N) is 2. The van der Waals surface area contributed by atoms with Crippen molar-refractivity contribution in [2.45, 2.75) is 44.6 Å². The topological polar surface area (TPSA) is 89.5 Å². The highest BCUT2D eigenvalue weighted by atomic mass is 35.5. The second-order valence-corrected chi connectivity index (χ2v) is 6.51. The second kappa shape index (κ2) is 7.04. The summed E-state index contributed by atoms with van der Waals surface area (Å²) in [7, 11) is 0. The molecule has 7 nitrogen and oxygen atoms in total. The molecule has 3 rings (SSSR count). The molecule has 0 saturated carbocycles. The maximum absolute atomic E-state index is 12.3. The van der Waals surface area contributed by atoms with Crippen LogP contribution < -0.4 is 10.6 Å². The van der Waals surface area contributed by atoms with Crippen molar-refractivity contribution in [3.8, 4) is 0 Å². The van der Waals surface area contributed by atoms with Gasteiger partial charge in [-0.25, -0.2) is 4.98 Å². The fourth-order valence-electron chi connectivity index (χ4n) is 3.12. The largest absolute Gasteiger partial charge is 0.371 e. The zero-order chi connectivity index (χ0) is 17.3. The molecule has 0 unspecified atom stereocenters. The van der Waals surface area contributed by atoms with Gasteiger partial charge in [0.15, 0.2) is 0 Å². The van der Waals surface area contributed by atoms with Crippen molar-refractivity contribution < 1.29 is 19.1 Å². The van der Waals surface area contributed by atoms with E-state index in [1.54, 1.807) is 6.07 Å². The van der Waals surface area contributed by atoms with Gasteiger partial charge in [0, 0.05) is 12.6 Å². The summed E-state index contributed by atoms with van der Waals surface area (Å²) in [6.45, 7) is 4.04. The van der Waals surface area contributed by atoms with Crippen LogP contribution in [0.5, 0.6) is 0 Å². The Labute approximate surface area is 145 Å². The maximum atomic E-state index is 12.3. The highest BCUT2D eigenvalue weighted by Crippen LogP contribution is 2.27. The van der Waals surface area contributed by atoms with Gasteiger partial charge in [-0.05, 0) is 18.6 Å². The van der Waals surface area contributed by atoms with Gasteiger partial charge in [0.05, 0.1) is 31.7 Å². The summed E-state index contributed by atoms with van der Waals surface area (Å²) in [6, 6.07) is 3.21. The van der Waals surface area contributed by atoms with E-state index in [9.17, 15) is 9.59 Å². The third-order valence-electron chi connectivity index (χ3n) is 4.20. The number of ether oxygens (including phenoxy) is 2. The molecule has 1 aromatic rings. The molecule has 24 heavy (non-hydrogen) atoms. The molecule has 4 atom stereocenters. The Kier molecular flexibility index (Phi) is 5.03. The Bertz CT molecular complexity index is 654. The monoisotopic (exact) mass is 353 g/mol. The minimum Gasteiger partial charge on any atom is -0.371 e. The van der Waals surface area contributed by atoms with Crippen molar-refractivity contribution >= 4 is 23.4 Å². The lowest BCUT2D eigenvalue weighted by molar-refractivity contribution is -0.122. The number of hydrogen-bond acceptors (Lipinski definition) is 5. The van der Waals surface area contributed by atoms with Gasteiger partial charge in [0.1, 0.15) is 17.4 Å². The average molecular weight is 354 g/mol. The second-order valence-electron chi connectivity index (χ2n) is 6.16. The van der Waals surface area contributed by atoms with Crippen LogP contribution in [-0.4, -0.2) is 54.3 Å². The molecule has 8 heteroatoms. The molecule has 2 aliphatic rings. The molecule has 2 saturated heterocycles. The predicted octanol–water partition coefficient (Wildman–Crippen LogP) is 0.373. The standard InChI is InChI=1S/C16H20ClN3O4/c1-8-3-4-10(16(17)18-8)5-13(22)20-12-7-24-14-11(19-9(2)21)6-23-15(12)14/h3-4,11-12,14-15H,5-7H2,1-2H3,(H,19,21)(H,20,22)/t11-,12-,14+,15+/m0/s1. The molecule has 0 bridgehead atoms. The third-order valence-corrected chi connectivity index (χ3v) is 4.53. The van der Waals surface area contributed by atoms with Crippen molar-refractivity contribution in [2.75, 3.05) is 13.2 Å². The Morgan fingerprint density at radius 3 is 2.42 bits per heavy atom. The fraction of sp³-hybridized carbons (Fsp3) is 0.562. The molecule has 3 heterocycles. The van der Waals surface area contributed by atoms with Gasteiger partial charge in [0.2, 0.25) is 11.8 Å². The molecule has 2 aliphatic heterocycles. The molecule has 2 fully saturated rings. The summed E-state index contributed by atoms with van der Waals surface area (Å²) in [5.41, 5.74) is 1.48. The number of pyridine rings is 1. The smallest absolute Gasteiger partial charge is 0.224 e. The van der Waals surface area contributed by atoms with Crippen LogP contribution in [0, 0.1) is 6.92 Å². The molecule has 0 aromatic carbocycles. The first kappa shape index (κ1) is 17.1. The van der Waals surface area contributed by atoms with Gasteiger partial charge in [-0.2, -0.15) is 0 Å². The number of carbonyl (C=O) groups is 2. The van der Waals surface area contributed by atoms with Gasteiger partial charge in [-0.1, -0.05) is 17.7 Å². The number of nitrogens with zero attached hydrogens (tertiary/aromatic N) is 1. The van der Waals surface area contributed by atoms with Gasteiger partial charge in [0.25, 0.3) is 0 Å². The molecule has 0 radical (unpaired) electrons. The minimum absolute atomic E-state index is 0.123. The van der Waals surface area contributed by atoms with E-state index >= 15 is 0 Å². The lowest BCUT2D eigenvalue weighted by atomic mass is 10.1. The van der Waals surface area contributed by atoms with Gasteiger partial charge in [-0.15, -0.1) is 0 Å². The number of aromatic nitrogens is 1. The Morgan fingerprint density at radius 1 is 1.21 bits per heavy atom. The first-order valence-corrected chi connectivity index (χ1v) is 8.23. The molecule has 1 aromatic heterocycles. The number of fused-ring (bicyclic) bond motifs is 1. The highest BCUT2D eigenvalue weighted by molar-refractivity contribution is 6.30. The van der Waals surface area contributed by atoms with E-state index in [2.05, 4.69) is 15.6 Å². The summed E-state index contributed by atoms with van der Waals surface area (Å²) in [5, 5.41) is 6.08. The number of hydrogen-bond donors (Lipinski definition) is 2. The van der Waals surface area contributed by atoms with Gasteiger partial charge < -0.3 is 20.1 Å². The fourth-order valence-corrected chi connectivity index (χ4v) is 3.39. The Balaban J connectivity index is 1.57. The summed E-state index contributed by atoms with van der Waals surface area (Å²) in [6.07, 6.45) is -0.337. The SMILES string of the molecule is CC(=O)N[C@H]1CO[C@H]2[C@@H]1OC[C@@H]2NC(=O)Cc1ccc(C)nc1Cl. The van der Waals surface area contributed by atoms with Crippen LogP contribution in [0.25, 0.3) is 0 Å². The minimum atomic E-state index is -0.252. The van der Waals surface area contributed by atoms with Crippen LogP contribution in [-0.2, 0) is 25.5 Å². The number of amides is 2. The van der Waals surface area contributed by atoms with E-state index in [-0.39, 0.29) is 42.5 Å². The maximum Gasteiger partial charge on any atom is 0.224 e. The molecule has 130 valence electrons. The van der Waals surface area contributed by atoms with Crippen molar-refractivity contribution in [1.29, 1.82) is 0 Å². The number of carbonyl (C=O) groups excluding carboxylic acids is 2. The molecular formula is C16H20ClN3O4. The number of rotatable bonds is 4. The van der Waals surface area contributed by atoms with E-state index in [1.807, 2.05) is 13.0 Å². The quantitative estimate of drug-likeness (QED) is 0.763. The van der Waals surface area contributed by atoms with Crippen LogP contribution in [0.3, 0.4) is 0 Å². The average Bonchev–Trinajstić information content (AvgIpc) is 3.06. The summed E-state index contributed by atoms with van der Waals surface area (Å²) in [4.78, 5) is 27.6. The van der Waals surface area contributed by atoms with E-state index in [4.69, 9.17) is 21.1 Å². The van der Waals surface area contributed by atoms with Crippen molar-refractivity contribution in [3.63, 3.8) is 0 Å². The lowest BCUT2D eigenvalue weighted by Crippen LogP contribution is -2.46. The zero-order valence-electron chi connectivity index (χ0n) is 13.5. The first-order valence-electron chi connectivity index (χ1n) is 7.85. The van der Waals surface area contributed by atoms with Gasteiger partial charge in [-0.3, -0.25) is 9.59 Å². The normalized spacial score (nSPS) is 28.5. The van der Waals surface area contributed by atoms with E-state index in [0.29, 0.717) is 23.9 Å². The Hall–Kier alpha value is -1.70. The predicted molar refractivity (Wildman–Crippen MR) is 86.7 cm³/mol. The summed E-state index contributed by atoms with van der Waals surface area (Å²) in [5.74, 6) is -0.287. The van der Waals surface area contributed by atoms with Crippen molar-refractivity contribution in [2.24, 2.45) is 0 Å². The van der Waals surface area contributed by atoms with Crippen molar-refractivity contribution in [3.05, 3.63) is 28.5 Å². The van der Waals surface area contributed by atoms with Crippen LogP contribution in [0.1, 0.15) is 18.2 Å². The van der Waals surface area contributed by atoms with E-state index in [0.717, 1.165) is 5.69 Å². The number of aryl methyl sites for hydroxylation is 1. The molecule has 0 spiro atoms. The highest BCUT2D eigenvalue weighted by Gasteiger charge is 2.48. The number of halogens is 1. The van der Waals surface area contributed by atoms with Crippen molar-refractivity contribution in [1.82, 2.24) is 15.6 Å². The van der Waals surface area contributed by atoms with Crippen LogP contribution in [0.2, 0.25) is 5.15 Å². The molecule has 0 aliphatic carbocycles. The molecular weight excluding hydrogens is 334 g/mol. The Morgan fingerprint density at radius 2 is 1.83 bits per heavy atom. The van der Waals surface area contributed by atoms with Crippen LogP contribution >= 0.6 is 11.6 Å². The summed E-state index contributed by atoms with van der Waals surface area (Å²) < 4.78 is 11.4. The molecule has 2 amide bonds. The van der Waals surface area contributed by atoms with Gasteiger partial charge >= 0.3 is 0 Å². The molecule has 2 N–H and O–H groups in total. The van der Waals surface area contributed by atoms with Crippen LogP contribution in [0.4, 0.5) is 0 Å². The lowest BCUT2D eigenvalue weighted by Gasteiger charge is -2.18. The first-order chi connectivity index (χ1) is 11.4. The zero-order valence-corrected chi connectivity index (χ0v) is 14.3. The third kappa shape index (κ3) is 3.68. The van der Waals surface area contributed by atoms with Crippen LogP contribution in [0.15, 0.2) is 12.1 Å². The summed E-state index contributed by atoms with van der Waals surface area (Å²) >= 11 is 6.07. The van der Waals surface area contributed by atoms with E-state index in [1.165, 1.54) is 6.92 Å². The van der Waals surface area contributed by atoms with E-state index < -0.39 is 0 Å².